The zero-order valence-corrected chi connectivity index (χ0v) is 12.7. The summed E-state index contributed by atoms with van der Waals surface area (Å²) in [5.41, 5.74) is 4.74. The average molecular weight is 281 g/mol. The average Bonchev–Trinajstić information content (AvgIpc) is 3.19. The molecule has 0 spiro atoms. The van der Waals surface area contributed by atoms with Crippen molar-refractivity contribution in [2.45, 2.75) is 45.4 Å². The first-order valence-corrected chi connectivity index (χ1v) is 7.83. The van der Waals surface area contributed by atoms with E-state index in [1.165, 1.54) is 48.5 Å². The molecule has 1 aliphatic rings. The van der Waals surface area contributed by atoms with Crippen LogP contribution in [0.4, 0.5) is 0 Å². The summed E-state index contributed by atoms with van der Waals surface area (Å²) in [6, 6.07) is 8.61. The van der Waals surface area contributed by atoms with E-state index in [0.29, 0.717) is 5.92 Å². The van der Waals surface area contributed by atoms with E-state index < -0.39 is 0 Å². The number of aromatic nitrogens is 2. The van der Waals surface area contributed by atoms with E-state index in [0.717, 1.165) is 5.71 Å². The summed E-state index contributed by atoms with van der Waals surface area (Å²) in [5, 5.41) is 0. The molecule has 0 radical (unpaired) electrons. The Balaban J connectivity index is 2.03. The van der Waals surface area contributed by atoms with Gasteiger partial charge in [0.05, 0.1) is 5.92 Å². The molecule has 21 heavy (non-hydrogen) atoms. The standard InChI is InChI=1S/C18H21N2O/c1-13-7-3-6-10-16(13)20-14(2)18-19(11-12-21-18)17(20)15-8-4-5-9-15/h3,6-7,10-12,15H,4-5,8-9H2,1-2H3/q+1. The van der Waals surface area contributed by atoms with Gasteiger partial charge in [-0.3, -0.25) is 0 Å². The Bertz CT molecular complexity index is 791. The van der Waals surface area contributed by atoms with Gasteiger partial charge in [-0.2, -0.15) is 8.97 Å². The van der Waals surface area contributed by atoms with Crippen LogP contribution >= 0.6 is 0 Å². The van der Waals surface area contributed by atoms with Gasteiger partial charge in [-0.15, -0.1) is 0 Å². The summed E-state index contributed by atoms with van der Waals surface area (Å²) in [7, 11) is 0. The number of imidazole rings is 1. The summed E-state index contributed by atoms with van der Waals surface area (Å²) in [6.45, 7) is 4.34. The van der Waals surface area contributed by atoms with Crippen LogP contribution in [0.1, 0.15) is 48.7 Å². The number of rotatable bonds is 2. The zero-order valence-electron chi connectivity index (χ0n) is 12.7. The quantitative estimate of drug-likeness (QED) is 0.649. The maximum atomic E-state index is 5.73. The van der Waals surface area contributed by atoms with Crippen molar-refractivity contribution in [3.63, 3.8) is 0 Å². The molecule has 1 saturated carbocycles. The molecule has 1 aromatic carbocycles. The number of hydrogen-bond acceptors (Lipinski definition) is 1. The number of oxazole rings is 1. The largest absolute Gasteiger partial charge is 0.424 e. The number of benzene rings is 1. The van der Waals surface area contributed by atoms with Crippen molar-refractivity contribution in [3.05, 3.63) is 53.8 Å². The Labute approximate surface area is 124 Å². The van der Waals surface area contributed by atoms with Crippen molar-refractivity contribution in [2.24, 2.45) is 0 Å². The summed E-state index contributed by atoms with van der Waals surface area (Å²) in [5.74, 6) is 2.01. The first-order chi connectivity index (χ1) is 10.3. The van der Waals surface area contributed by atoms with Crippen LogP contribution in [0, 0.1) is 13.8 Å². The molecule has 0 bridgehead atoms. The van der Waals surface area contributed by atoms with Gasteiger partial charge in [0.2, 0.25) is 0 Å². The van der Waals surface area contributed by atoms with Crippen LogP contribution in [0.3, 0.4) is 0 Å². The predicted octanol–water partition coefficient (Wildman–Crippen LogP) is 4.08. The number of aryl methyl sites for hydroxylation is 2. The first-order valence-electron chi connectivity index (χ1n) is 7.83. The van der Waals surface area contributed by atoms with Crippen LogP contribution in [0.15, 0.2) is 41.1 Å². The fraction of sp³-hybridized carbons (Fsp3) is 0.389. The maximum Gasteiger partial charge on any atom is 0.338 e. The summed E-state index contributed by atoms with van der Waals surface area (Å²) < 4.78 is 10.4. The third-order valence-electron chi connectivity index (χ3n) is 4.81. The number of fused-ring (bicyclic) bond motifs is 1. The van der Waals surface area contributed by atoms with Crippen molar-refractivity contribution in [2.75, 3.05) is 0 Å². The van der Waals surface area contributed by atoms with Gasteiger partial charge in [0.25, 0.3) is 5.82 Å². The SMILES string of the molecule is Cc1ccccc1-n1c(C)c2occ[n+]2c1C1CCCC1. The lowest BCUT2D eigenvalue weighted by molar-refractivity contribution is -0.525. The Morgan fingerprint density at radius 1 is 1.14 bits per heavy atom. The number of nitrogens with zero attached hydrogens (tertiary/aromatic N) is 2. The van der Waals surface area contributed by atoms with E-state index in [1.807, 2.05) is 0 Å². The van der Waals surface area contributed by atoms with E-state index in [2.05, 4.69) is 53.3 Å². The third-order valence-corrected chi connectivity index (χ3v) is 4.81. The highest BCUT2D eigenvalue weighted by Crippen LogP contribution is 2.35. The Hall–Kier alpha value is -2.03. The highest BCUT2D eigenvalue weighted by Gasteiger charge is 2.35. The summed E-state index contributed by atoms with van der Waals surface area (Å²) >= 11 is 0. The van der Waals surface area contributed by atoms with Crippen LogP contribution in [0.2, 0.25) is 0 Å². The van der Waals surface area contributed by atoms with Crippen molar-refractivity contribution in [1.82, 2.24) is 4.57 Å². The van der Waals surface area contributed by atoms with Crippen molar-refractivity contribution < 1.29 is 8.82 Å². The Morgan fingerprint density at radius 2 is 1.90 bits per heavy atom. The molecule has 0 N–H and O–H groups in total. The molecular formula is C18H21N2O+. The second kappa shape index (κ2) is 4.76. The minimum atomic E-state index is 0.628. The molecule has 0 unspecified atom stereocenters. The van der Waals surface area contributed by atoms with Crippen LogP contribution < -0.4 is 4.40 Å². The lowest BCUT2D eigenvalue weighted by Gasteiger charge is -2.09. The molecule has 4 rings (SSSR count). The molecule has 3 heteroatoms. The van der Waals surface area contributed by atoms with Crippen LogP contribution in [-0.4, -0.2) is 4.57 Å². The van der Waals surface area contributed by atoms with Crippen molar-refractivity contribution >= 4 is 5.71 Å². The van der Waals surface area contributed by atoms with Gasteiger partial charge in [-0.25, -0.2) is 0 Å². The minimum Gasteiger partial charge on any atom is -0.424 e. The van der Waals surface area contributed by atoms with Gasteiger partial charge in [0.1, 0.15) is 18.1 Å². The van der Waals surface area contributed by atoms with Gasteiger partial charge in [0.15, 0.2) is 5.69 Å². The monoisotopic (exact) mass is 281 g/mol. The Kier molecular flexibility index (Phi) is 2.88. The highest BCUT2D eigenvalue weighted by atomic mass is 16.3. The second-order valence-corrected chi connectivity index (χ2v) is 6.13. The van der Waals surface area contributed by atoms with Gasteiger partial charge in [0, 0.05) is 6.92 Å². The third kappa shape index (κ3) is 1.84. The highest BCUT2D eigenvalue weighted by molar-refractivity contribution is 5.47. The van der Waals surface area contributed by atoms with E-state index in [1.54, 1.807) is 6.26 Å². The molecule has 0 atom stereocenters. The van der Waals surface area contributed by atoms with E-state index in [4.69, 9.17) is 4.42 Å². The van der Waals surface area contributed by atoms with Crippen molar-refractivity contribution in [1.29, 1.82) is 0 Å². The van der Waals surface area contributed by atoms with Gasteiger partial charge < -0.3 is 4.42 Å². The van der Waals surface area contributed by atoms with Gasteiger partial charge in [-0.1, -0.05) is 31.0 Å². The molecule has 2 aromatic heterocycles. The molecule has 2 heterocycles. The summed E-state index contributed by atoms with van der Waals surface area (Å²) in [6.07, 6.45) is 9.09. The van der Waals surface area contributed by atoms with Crippen LogP contribution in [-0.2, 0) is 0 Å². The van der Waals surface area contributed by atoms with Crippen LogP contribution in [0.25, 0.3) is 11.4 Å². The molecule has 3 aromatic rings. The molecule has 1 fully saturated rings. The smallest absolute Gasteiger partial charge is 0.338 e. The van der Waals surface area contributed by atoms with Crippen LogP contribution in [0.5, 0.6) is 0 Å². The molecule has 0 amide bonds. The van der Waals surface area contributed by atoms with E-state index in [9.17, 15) is 0 Å². The first kappa shape index (κ1) is 12.7. The normalized spacial score (nSPS) is 16.1. The second-order valence-electron chi connectivity index (χ2n) is 6.13. The minimum absolute atomic E-state index is 0.628. The molecule has 0 saturated heterocycles. The van der Waals surface area contributed by atoms with Gasteiger partial charge >= 0.3 is 5.71 Å². The Morgan fingerprint density at radius 3 is 2.67 bits per heavy atom. The lowest BCUT2D eigenvalue weighted by atomic mass is 10.1. The number of hydrogen-bond donors (Lipinski definition) is 0. The van der Waals surface area contributed by atoms with E-state index >= 15 is 0 Å². The topological polar surface area (TPSA) is 22.2 Å². The molecule has 1 aliphatic carbocycles. The number of para-hydroxylation sites is 1. The van der Waals surface area contributed by atoms with Crippen molar-refractivity contribution in [3.8, 4) is 5.69 Å². The molecule has 108 valence electrons. The zero-order chi connectivity index (χ0) is 14.4. The fourth-order valence-electron chi connectivity index (χ4n) is 3.78. The van der Waals surface area contributed by atoms with E-state index in [-0.39, 0.29) is 0 Å². The molecular weight excluding hydrogens is 260 g/mol. The molecule has 0 aliphatic heterocycles. The predicted molar refractivity (Wildman–Crippen MR) is 81.9 cm³/mol. The summed E-state index contributed by atoms with van der Waals surface area (Å²) in [4.78, 5) is 0. The van der Waals surface area contributed by atoms with Gasteiger partial charge in [-0.05, 0) is 31.4 Å². The molecule has 3 nitrogen and oxygen atoms in total. The maximum absolute atomic E-state index is 5.73. The fourth-order valence-corrected chi connectivity index (χ4v) is 3.78. The lowest BCUT2D eigenvalue weighted by Crippen LogP contribution is -2.26.